The first-order valence-corrected chi connectivity index (χ1v) is 9.68. The quantitative estimate of drug-likeness (QED) is 0.635. The standard InChI is InChI=1S/C19H19ClN2O2S/c1-4-12-8-13-9-14(10-15(20)16(13)21-11-12)24-18(25-3)17(23)22-19(2)6-5-7-19/h1,8-11,18H,5-7H2,2-3H3,(H,22,23). The van der Waals surface area contributed by atoms with Crippen molar-refractivity contribution < 1.29 is 9.53 Å². The van der Waals surface area contributed by atoms with Crippen molar-refractivity contribution in [1.29, 1.82) is 0 Å². The Kier molecular flexibility index (Phi) is 5.12. The molecule has 2 aromatic rings. The van der Waals surface area contributed by atoms with Gasteiger partial charge in [0.1, 0.15) is 5.75 Å². The molecule has 25 heavy (non-hydrogen) atoms. The fourth-order valence-electron chi connectivity index (χ4n) is 2.85. The van der Waals surface area contributed by atoms with E-state index in [9.17, 15) is 4.79 Å². The van der Waals surface area contributed by atoms with Gasteiger partial charge in [-0.05, 0) is 44.6 Å². The normalized spacial score (nSPS) is 16.6. The molecule has 1 fully saturated rings. The van der Waals surface area contributed by atoms with Crippen molar-refractivity contribution in [3.8, 4) is 18.1 Å². The van der Waals surface area contributed by atoms with Crippen LogP contribution in [0.1, 0.15) is 31.7 Å². The number of carbonyl (C=O) groups excluding carboxylic acids is 1. The zero-order chi connectivity index (χ0) is 18.0. The van der Waals surface area contributed by atoms with E-state index in [2.05, 4.69) is 23.1 Å². The summed E-state index contributed by atoms with van der Waals surface area (Å²) in [5.41, 5.74) is 0.564. The number of hydrogen-bond acceptors (Lipinski definition) is 4. The van der Waals surface area contributed by atoms with Crippen LogP contribution in [0.3, 0.4) is 0 Å². The van der Waals surface area contributed by atoms with Crippen LogP contribution in [0.4, 0.5) is 0 Å². The molecule has 1 heterocycles. The van der Waals surface area contributed by atoms with E-state index in [-0.39, 0.29) is 11.4 Å². The van der Waals surface area contributed by atoms with E-state index in [1.165, 1.54) is 11.8 Å². The minimum absolute atomic E-state index is 0.110. The molecule has 1 aliphatic rings. The molecule has 0 bridgehead atoms. The number of ether oxygens (including phenoxy) is 1. The van der Waals surface area contributed by atoms with Crippen LogP contribution in [0.25, 0.3) is 10.9 Å². The lowest BCUT2D eigenvalue weighted by Gasteiger charge is -2.39. The van der Waals surface area contributed by atoms with E-state index in [0.29, 0.717) is 21.9 Å². The molecule has 0 saturated heterocycles. The number of fused-ring (bicyclic) bond motifs is 1. The number of carbonyl (C=O) groups is 1. The Bertz CT molecular complexity index is 858. The van der Waals surface area contributed by atoms with Gasteiger partial charge in [0.05, 0.1) is 10.5 Å². The Morgan fingerprint density at radius 2 is 2.24 bits per heavy atom. The highest BCUT2D eigenvalue weighted by Crippen LogP contribution is 2.32. The number of benzene rings is 1. The molecule has 3 rings (SSSR count). The van der Waals surface area contributed by atoms with Crippen LogP contribution in [0.5, 0.6) is 5.75 Å². The second-order valence-electron chi connectivity index (χ2n) is 6.43. The van der Waals surface area contributed by atoms with Crippen LogP contribution >= 0.6 is 23.4 Å². The maximum absolute atomic E-state index is 12.5. The van der Waals surface area contributed by atoms with E-state index < -0.39 is 5.44 Å². The molecular weight excluding hydrogens is 356 g/mol. The highest BCUT2D eigenvalue weighted by atomic mass is 35.5. The Morgan fingerprint density at radius 3 is 2.84 bits per heavy atom. The third-order valence-corrected chi connectivity index (χ3v) is 5.46. The van der Waals surface area contributed by atoms with E-state index in [0.717, 1.165) is 24.6 Å². The third kappa shape index (κ3) is 3.86. The number of rotatable bonds is 5. The first-order valence-electron chi connectivity index (χ1n) is 8.01. The fraction of sp³-hybridized carbons (Fsp3) is 0.368. The minimum Gasteiger partial charge on any atom is -0.470 e. The summed E-state index contributed by atoms with van der Waals surface area (Å²) in [6.45, 7) is 2.06. The molecular formula is C19H19ClN2O2S. The predicted octanol–water partition coefficient (Wildman–Crippen LogP) is 4.00. The van der Waals surface area contributed by atoms with Crippen LogP contribution in [0, 0.1) is 12.3 Å². The lowest BCUT2D eigenvalue weighted by molar-refractivity contribution is -0.127. The Balaban J connectivity index is 1.82. The van der Waals surface area contributed by atoms with Gasteiger partial charge in [-0.1, -0.05) is 17.5 Å². The molecule has 1 aromatic carbocycles. The highest BCUT2D eigenvalue weighted by molar-refractivity contribution is 7.99. The Morgan fingerprint density at radius 1 is 1.48 bits per heavy atom. The molecule has 0 spiro atoms. The largest absolute Gasteiger partial charge is 0.470 e. The van der Waals surface area contributed by atoms with Crippen molar-refractivity contribution >= 4 is 40.2 Å². The fourth-order valence-corrected chi connectivity index (χ4v) is 3.59. The second kappa shape index (κ2) is 7.15. The van der Waals surface area contributed by atoms with Gasteiger partial charge in [-0.15, -0.1) is 18.2 Å². The van der Waals surface area contributed by atoms with Gasteiger partial charge in [-0.25, -0.2) is 0 Å². The van der Waals surface area contributed by atoms with Crippen LogP contribution in [-0.4, -0.2) is 28.1 Å². The number of terminal acetylenes is 1. The third-order valence-electron chi connectivity index (χ3n) is 4.43. The molecule has 130 valence electrons. The number of amides is 1. The first-order chi connectivity index (χ1) is 11.9. The second-order valence-corrected chi connectivity index (χ2v) is 7.74. The molecule has 1 amide bonds. The summed E-state index contributed by atoms with van der Waals surface area (Å²) in [6, 6.07) is 5.30. The molecule has 1 aromatic heterocycles. The Labute approximate surface area is 156 Å². The maximum Gasteiger partial charge on any atom is 0.272 e. The predicted molar refractivity (Wildman–Crippen MR) is 103 cm³/mol. The molecule has 6 heteroatoms. The Hall–Kier alpha value is -1.90. The van der Waals surface area contributed by atoms with Crippen LogP contribution in [0.2, 0.25) is 5.02 Å². The van der Waals surface area contributed by atoms with Gasteiger partial charge in [-0.2, -0.15) is 0 Å². The van der Waals surface area contributed by atoms with Crippen LogP contribution < -0.4 is 10.1 Å². The van der Waals surface area contributed by atoms with E-state index in [1.807, 2.05) is 12.3 Å². The smallest absolute Gasteiger partial charge is 0.272 e. The average molecular weight is 375 g/mol. The minimum atomic E-state index is -0.644. The summed E-state index contributed by atoms with van der Waals surface area (Å²) >= 11 is 7.64. The SMILES string of the molecule is C#Cc1cnc2c(Cl)cc(OC(SC)C(=O)NC3(C)CCC3)cc2c1. The summed E-state index contributed by atoms with van der Waals surface area (Å²) in [5, 5.41) is 4.32. The van der Waals surface area contributed by atoms with Crippen molar-refractivity contribution in [3.05, 3.63) is 35.0 Å². The van der Waals surface area contributed by atoms with Crippen molar-refractivity contribution in [1.82, 2.24) is 10.3 Å². The maximum atomic E-state index is 12.5. The molecule has 4 nitrogen and oxygen atoms in total. The average Bonchev–Trinajstić information content (AvgIpc) is 2.57. The molecule has 1 unspecified atom stereocenters. The lowest BCUT2D eigenvalue weighted by atomic mass is 9.78. The van der Waals surface area contributed by atoms with Crippen molar-refractivity contribution in [3.63, 3.8) is 0 Å². The zero-order valence-electron chi connectivity index (χ0n) is 14.1. The number of aromatic nitrogens is 1. The molecule has 1 N–H and O–H groups in total. The topological polar surface area (TPSA) is 51.2 Å². The highest BCUT2D eigenvalue weighted by Gasteiger charge is 2.35. The first kappa shape index (κ1) is 17.9. The molecule has 0 radical (unpaired) electrons. The number of thioether (sulfide) groups is 1. The van der Waals surface area contributed by atoms with Crippen molar-refractivity contribution in [2.24, 2.45) is 0 Å². The van der Waals surface area contributed by atoms with Gasteiger partial charge >= 0.3 is 0 Å². The van der Waals surface area contributed by atoms with Gasteiger partial charge in [0.25, 0.3) is 5.91 Å². The summed E-state index contributed by atoms with van der Waals surface area (Å²) in [7, 11) is 0. The van der Waals surface area contributed by atoms with Crippen LogP contribution in [-0.2, 0) is 4.79 Å². The monoisotopic (exact) mass is 374 g/mol. The number of nitrogens with one attached hydrogen (secondary N) is 1. The number of nitrogens with zero attached hydrogens (tertiary/aromatic N) is 1. The van der Waals surface area contributed by atoms with Crippen LogP contribution in [0.15, 0.2) is 24.4 Å². The lowest BCUT2D eigenvalue weighted by Crippen LogP contribution is -2.54. The molecule has 1 aliphatic carbocycles. The number of halogens is 1. The summed E-state index contributed by atoms with van der Waals surface area (Å²) < 4.78 is 5.89. The molecule has 0 aliphatic heterocycles. The summed E-state index contributed by atoms with van der Waals surface area (Å²) in [6.07, 6.45) is 12.0. The van der Waals surface area contributed by atoms with E-state index in [4.69, 9.17) is 22.8 Å². The van der Waals surface area contributed by atoms with Crippen molar-refractivity contribution in [2.75, 3.05) is 6.26 Å². The van der Waals surface area contributed by atoms with Gasteiger partial charge < -0.3 is 10.1 Å². The number of pyridine rings is 1. The molecule has 1 saturated carbocycles. The van der Waals surface area contributed by atoms with Gasteiger partial charge in [0.2, 0.25) is 5.44 Å². The van der Waals surface area contributed by atoms with E-state index >= 15 is 0 Å². The summed E-state index contributed by atoms with van der Waals surface area (Å²) in [4.78, 5) is 16.8. The summed E-state index contributed by atoms with van der Waals surface area (Å²) in [5.74, 6) is 2.94. The van der Waals surface area contributed by atoms with Crippen molar-refractivity contribution in [2.45, 2.75) is 37.2 Å². The van der Waals surface area contributed by atoms with Gasteiger partial charge in [0.15, 0.2) is 0 Å². The number of hydrogen-bond donors (Lipinski definition) is 1. The van der Waals surface area contributed by atoms with Gasteiger partial charge in [0, 0.05) is 28.8 Å². The van der Waals surface area contributed by atoms with Gasteiger partial charge in [-0.3, -0.25) is 9.78 Å². The van der Waals surface area contributed by atoms with E-state index in [1.54, 1.807) is 18.3 Å². The zero-order valence-corrected chi connectivity index (χ0v) is 15.7. The molecule has 1 atom stereocenters.